The summed E-state index contributed by atoms with van der Waals surface area (Å²) in [5.41, 5.74) is 9.61. The van der Waals surface area contributed by atoms with E-state index in [2.05, 4.69) is 9.97 Å². The second-order valence-electron chi connectivity index (χ2n) is 5.82. The highest BCUT2D eigenvalue weighted by Crippen LogP contribution is 2.26. The van der Waals surface area contributed by atoms with Gasteiger partial charge < -0.3 is 10.3 Å². The number of anilines is 1. The van der Waals surface area contributed by atoms with Gasteiger partial charge in [0.25, 0.3) is 0 Å². The number of halogens is 2. The predicted molar refractivity (Wildman–Crippen MR) is 104 cm³/mol. The van der Waals surface area contributed by atoms with E-state index in [4.69, 9.17) is 28.9 Å². The van der Waals surface area contributed by atoms with E-state index >= 15 is 0 Å². The van der Waals surface area contributed by atoms with Gasteiger partial charge in [0.05, 0.1) is 32.6 Å². The number of hydrogen-bond acceptors (Lipinski definition) is 4. The van der Waals surface area contributed by atoms with Crippen molar-refractivity contribution < 1.29 is 4.21 Å². The third kappa shape index (κ3) is 3.66. The Labute approximate surface area is 158 Å². The molecular weight excluding hydrogens is 379 g/mol. The molecule has 2 aromatic heterocycles. The second-order valence-corrected chi connectivity index (χ2v) is 8.20. The summed E-state index contributed by atoms with van der Waals surface area (Å²) in [5.74, 6) is 0.938. The highest BCUT2D eigenvalue weighted by molar-refractivity contribution is 7.85. The molecule has 8 heteroatoms. The maximum Gasteiger partial charge on any atom is 0.151 e. The molecular formula is C17H18Cl2N4OS. The van der Waals surface area contributed by atoms with Gasteiger partial charge in [-0.15, -0.1) is 0 Å². The minimum absolute atomic E-state index is 0.434. The van der Waals surface area contributed by atoms with E-state index in [1.807, 2.05) is 18.4 Å². The fourth-order valence-electron chi connectivity index (χ4n) is 2.76. The van der Waals surface area contributed by atoms with Crippen LogP contribution < -0.4 is 5.73 Å². The first-order valence-corrected chi connectivity index (χ1v) is 9.87. The molecule has 132 valence electrons. The van der Waals surface area contributed by atoms with Crippen molar-refractivity contribution in [2.45, 2.75) is 31.7 Å². The lowest BCUT2D eigenvalue weighted by molar-refractivity contribution is 0.664. The van der Waals surface area contributed by atoms with E-state index in [9.17, 15) is 4.21 Å². The van der Waals surface area contributed by atoms with Gasteiger partial charge in [-0.3, -0.25) is 4.21 Å². The molecule has 3 rings (SSSR count). The molecule has 0 fully saturated rings. The monoisotopic (exact) mass is 396 g/mol. The second kappa shape index (κ2) is 7.32. The van der Waals surface area contributed by atoms with Crippen molar-refractivity contribution in [1.82, 2.24) is 14.5 Å². The highest BCUT2D eigenvalue weighted by atomic mass is 35.5. The standard InChI is InChI=1S/C17H18Cl2N4OS/c1-10-11(2)22-17(20)15-16(10)23(9-21-15)6-3-7-25(24)14-5-4-12(18)8-13(14)19/h4-5,8-9H,3,6-7H2,1-2H3,(H2,20,22). The molecule has 1 aromatic carbocycles. The minimum Gasteiger partial charge on any atom is -0.382 e. The van der Waals surface area contributed by atoms with Crippen molar-refractivity contribution in [1.29, 1.82) is 0 Å². The predicted octanol–water partition coefficient (Wildman–Crippen LogP) is 4.14. The summed E-state index contributed by atoms with van der Waals surface area (Å²) in [7, 11) is -1.17. The van der Waals surface area contributed by atoms with Gasteiger partial charge in [0.2, 0.25) is 0 Å². The number of rotatable bonds is 5. The molecule has 0 bridgehead atoms. The van der Waals surface area contributed by atoms with Crippen LogP contribution in [0.1, 0.15) is 17.7 Å². The van der Waals surface area contributed by atoms with Crippen molar-refractivity contribution in [2.75, 3.05) is 11.5 Å². The Morgan fingerprint density at radius 1 is 1.28 bits per heavy atom. The molecule has 0 amide bonds. The van der Waals surface area contributed by atoms with E-state index in [1.165, 1.54) is 0 Å². The summed E-state index contributed by atoms with van der Waals surface area (Å²) in [5, 5.41) is 0.969. The number of nitrogen functional groups attached to an aromatic ring is 1. The van der Waals surface area contributed by atoms with E-state index in [0.29, 0.717) is 38.6 Å². The van der Waals surface area contributed by atoms with Crippen molar-refractivity contribution in [3.05, 3.63) is 45.8 Å². The molecule has 5 nitrogen and oxygen atoms in total. The summed E-state index contributed by atoms with van der Waals surface area (Å²) in [6.45, 7) is 4.63. The SMILES string of the molecule is Cc1nc(N)c2ncn(CCCS(=O)c3ccc(Cl)cc3Cl)c2c1C. The van der Waals surface area contributed by atoms with Crippen LogP contribution in [0.2, 0.25) is 10.0 Å². The van der Waals surface area contributed by atoms with E-state index in [1.54, 1.807) is 24.5 Å². The van der Waals surface area contributed by atoms with Crippen LogP contribution in [0.15, 0.2) is 29.4 Å². The first-order valence-electron chi connectivity index (χ1n) is 7.79. The fourth-order valence-corrected chi connectivity index (χ4v) is 4.53. The first kappa shape index (κ1) is 18.2. The Morgan fingerprint density at radius 2 is 2.04 bits per heavy atom. The molecule has 0 radical (unpaired) electrons. The lowest BCUT2D eigenvalue weighted by atomic mass is 10.2. The number of imidazole rings is 1. The van der Waals surface area contributed by atoms with Gasteiger partial charge in [-0.25, -0.2) is 9.97 Å². The smallest absolute Gasteiger partial charge is 0.151 e. The summed E-state index contributed by atoms with van der Waals surface area (Å²) in [6.07, 6.45) is 2.48. The number of fused-ring (bicyclic) bond motifs is 1. The molecule has 0 saturated carbocycles. The number of hydrogen-bond donors (Lipinski definition) is 1. The molecule has 3 aromatic rings. The Bertz CT molecular complexity index is 971. The first-order chi connectivity index (χ1) is 11.9. The normalized spacial score (nSPS) is 12.6. The summed E-state index contributed by atoms with van der Waals surface area (Å²) in [6, 6.07) is 5.03. The highest BCUT2D eigenvalue weighted by Gasteiger charge is 2.13. The molecule has 2 N–H and O–H groups in total. The van der Waals surface area contributed by atoms with E-state index in [-0.39, 0.29) is 0 Å². The molecule has 0 aliphatic rings. The third-order valence-corrected chi connectivity index (χ3v) is 6.30. The summed E-state index contributed by atoms with van der Waals surface area (Å²) in [4.78, 5) is 9.28. The molecule has 2 heterocycles. The van der Waals surface area contributed by atoms with Crippen LogP contribution in [0.3, 0.4) is 0 Å². The quantitative estimate of drug-likeness (QED) is 0.703. The van der Waals surface area contributed by atoms with Crippen molar-refractivity contribution >= 4 is 50.9 Å². The van der Waals surface area contributed by atoms with Crippen molar-refractivity contribution in [2.24, 2.45) is 0 Å². The number of aromatic nitrogens is 3. The minimum atomic E-state index is -1.17. The van der Waals surface area contributed by atoms with Gasteiger partial charge in [-0.1, -0.05) is 23.2 Å². The van der Waals surface area contributed by atoms with E-state index < -0.39 is 10.8 Å². The number of aryl methyl sites for hydroxylation is 3. The van der Waals surface area contributed by atoms with Crippen LogP contribution in [0.25, 0.3) is 11.0 Å². The molecule has 0 aliphatic heterocycles. The van der Waals surface area contributed by atoms with Crippen LogP contribution in [-0.2, 0) is 17.3 Å². The summed E-state index contributed by atoms with van der Waals surface area (Å²) >= 11 is 12.0. The maximum absolute atomic E-state index is 12.5. The summed E-state index contributed by atoms with van der Waals surface area (Å²) < 4.78 is 14.5. The Balaban J connectivity index is 1.74. The lowest BCUT2D eigenvalue weighted by Gasteiger charge is -2.09. The molecule has 1 unspecified atom stereocenters. The molecule has 0 spiro atoms. The molecule has 25 heavy (non-hydrogen) atoms. The Morgan fingerprint density at radius 3 is 2.76 bits per heavy atom. The van der Waals surface area contributed by atoms with Gasteiger partial charge in [0.15, 0.2) is 5.82 Å². The largest absolute Gasteiger partial charge is 0.382 e. The maximum atomic E-state index is 12.5. The number of nitrogens with two attached hydrogens (primary N) is 1. The molecule has 0 saturated heterocycles. The van der Waals surface area contributed by atoms with Crippen LogP contribution in [0.5, 0.6) is 0 Å². The number of nitrogens with zero attached hydrogens (tertiary/aromatic N) is 3. The van der Waals surface area contributed by atoms with Gasteiger partial charge in [-0.05, 0) is 44.0 Å². The Kier molecular flexibility index (Phi) is 5.32. The van der Waals surface area contributed by atoms with Crippen molar-refractivity contribution in [3.8, 4) is 0 Å². The van der Waals surface area contributed by atoms with E-state index in [0.717, 1.165) is 23.2 Å². The topological polar surface area (TPSA) is 73.8 Å². The van der Waals surface area contributed by atoms with Crippen LogP contribution in [0, 0.1) is 13.8 Å². The zero-order valence-electron chi connectivity index (χ0n) is 13.9. The Hall–Kier alpha value is -1.63. The van der Waals surface area contributed by atoms with Gasteiger partial charge in [0.1, 0.15) is 5.52 Å². The van der Waals surface area contributed by atoms with Gasteiger partial charge >= 0.3 is 0 Å². The number of benzene rings is 1. The zero-order valence-corrected chi connectivity index (χ0v) is 16.3. The number of pyridine rings is 1. The fraction of sp³-hybridized carbons (Fsp3) is 0.294. The van der Waals surface area contributed by atoms with Gasteiger partial charge in [-0.2, -0.15) is 0 Å². The van der Waals surface area contributed by atoms with Crippen LogP contribution >= 0.6 is 23.2 Å². The average Bonchev–Trinajstić information content (AvgIpc) is 2.97. The zero-order chi connectivity index (χ0) is 18.1. The average molecular weight is 397 g/mol. The molecule has 1 atom stereocenters. The lowest BCUT2D eigenvalue weighted by Crippen LogP contribution is -2.06. The van der Waals surface area contributed by atoms with Crippen LogP contribution in [-0.4, -0.2) is 24.5 Å². The van der Waals surface area contributed by atoms with Crippen molar-refractivity contribution in [3.63, 3.8) is 0 Å². The van der Waals surface area contributed by atoms with Gasteiger partial charge in [0, 0.05) is 23.0 Å². The molecule has 0 aliphatic carbocycles. The van der Waals surface area contributed by atoms with Crippen LogP contribution in [0.4, 0.5) is 5.82 Å². The third-order valence-electron chi connectivity index (χ3n) is 4.13.